The zero-order valence-corrected chi connectivity index (χ0v) is 19.6. The van der Waals surface area contributed by atoms with Crippen molar-refractivity contribution in [2.24, 2.45) is 0 Å². The van der Waals surface area contributed by atoms with Crippen molar-refractivity contribution < 1.29 is 18.0 Å². The number of nitrogens with zero attached hydrogens (tertiary/aromatic N) is 3. The molecule has 5 nitrogen and oxygen atoms in total. The number of benzene rings is 2. The van der Waals surface area contributed by atoms with E-state index >= 15 is 0 Å². The highest BCUT2D eigenvalue weighted by Crippen LogP contribution is 2.31. The predicted molar refractivity (Wildman–Crippen MR) is 137 cm³/mol. The first-order chi connectivity index (χ1) is 17.2. The molecule has 0 aliphatic heterocycles. The van der Waals surface area contributed by atoms with E-state index in [0.29, 0.717) is 22.4 Å². The molecule has 0 spiro atoms. The van der Waals surface area contributed by atoms with Gasteiger partial charge in [0.15, 0.2) is 0 Å². The van der Waals surface area contributed by atoms with Crippen molar-refractivity contribution in [3.05, 3.63) is 114 Å². The second kappa shape index (κ2) is 10.4. The highest BCUT2D eigenvalue weighted by atomic mass is 19.4. The van der Waals surface area contributed by atoms with Crippen LogP contribution in [0.15, 0.2) is 97.5 Å². The molecule has 0 saturated carbocycles. The molecule has 0 bridgehead atoms. The van der Waals surface area contributed by atoms with Crippen LogP contribution < -0.4 is 10.2 Å². The molecule has 0 aliphatic rings. The van der Waals surface area contributed by atoms with E-state index in [9.17, 15) is 18.0 Å². The number of alkyl halides is 3. The van der Waals surface area contributed by atoms with Crippen LogP contribution in [0.4, 0.5) is 24.7 Å². The minimum Gasteiger partial charge on any atom is -0.363 e. The number of halogens is 3. The molecule has 0 fully saturated rings. The maximum absolute atomic E-state index is 13.0. The Labute approximate surface area is 206 Å². The molecule has 0 unspecified atom stereocenters. The van der Waals surface area contributed by atoms with E-state index in [-0.39, 0.29) is 5.91 Å². The molecule has 182 valence electrons. The second-order valence-electron chi connectivity index (χ2n) is 8.21. The summed E-state index contributed by atoms with van der Waals surface area (Å²) >= 11 is 0. The molecule has 0 atom stereocenters. The summed E-state index contributed by atoms with van der Waals surface area (Å²) in [6.45, 7) is 0. The van der Waals surface area contributed by atoms with E-state index in [1.807, 2.05) is 49.3 Å². The van der Waals surface area contributed by atoms with E-state index in [1.165, 1.54) is 18.2 Å². The summed E-state index contributed by atoms with van der Waals surface area (Å²) in [6, 6.07) is 15.9. The lowest BCUT2D eigenvalue weighted by molar-refractivity contribution is -0.137. The highest BCUT2D eigenvalue weighted by Gasteiger charge is 2.30. The van der Waals surface area contributed by atoms with Gasteiger partial charge in [0.05, 0.1) is 5.56 Å². The van der Waals surface area contributed by atoms with Crippen molar-refractivity contribution >= 4 is 33.8 Å². The molecular formula is C28H23F3N4O. The maximum atomic E-state index is 13.0. The lowest BCUT2D eigenvalue weighted by Gasteiger charge is -2.13. The number of hydrogen-bond donors (Lipinski definition) is 1. The van der Waals surface area contributed by atoms with Crippen LogP contribution in [0.2, 0.25) is 0 Å². The van der Waals surface area contributed by atoms with E-state index in [4.69, 9.17) is 0 Å². The molecule has 1 N–H and O–H groups in total. The fourth-order valence-electron chi connectivity index (χ4n) is 3.65. The van der Waals surface area contributed by atoms with Crippen molar-refractivity contribution in [2.45, 2.75) is 6.18 Å². The zero-order chi connectivity index (χ0) is 25.7. The maximum Gasteiger partial charge on any atom is 0.416 e. The molecule has 4 rings (SSSR count). The number of anilines is 2. The Kier molecular flexibility index (Phi) is 7.15. The van der Waals surface area contributed by atoms with E-state index in [2.05, 4.69) is 15.3 Å². The van der Waals surface area contributed by atoms with Crippen LogP contribution in [0.5, 0.6) is 0 Å². The monoisotopic (exact) mass is 488 g/mol. The van der Waals surface area contributed by atoms with Gasteiger partial charge in [0, 0.05) is 60.8 Å². The van der Waals surface area contributed by atoms with Gasteiger partial charge in [-0.3, -0.25) is 9.78 Å². The predicted octanol–water partition coefficient (Wildman–Crippen LogP) is 6.34. The van der Waals surface area contributed by atoms with Crippen LogP contribution in [0.3, 0.4) is 0 Å². The van der Waals surface area contributed by atoms with E-state index in [1.54, 1.807) is 36.8 Å². The van der Waals surface area contributed by atoms with Crippen molar-refractivity contribution in [1.29, 1.82) is 0 Å². The number of allylic oxidation sites excluding steroid dienone is 2. The molecule has 36 heavy (non-hydrogen) atoms. The first-order valence-electron chi connectivity index (χ1n) is 11.1. The Morgan fingerprint density at radius 3 is 2.36 bits per heavy atom. The SMILES string of the molecule is CN(C)c1ccc(C(=CC=CC(=O)Nc2cccc3cnccc23)c2ccc(C(F)(F)F)cc2)cn1. The third kappa shape index (κ3) is 5.78. The number of aromatic nitrogens is 2. The van der Waals surface area contributed by atoms with Gasteiger partial charge in [-0.1, -0.05) is 36.4 Å². The number of carbonyl (C=O) groups is 1. The van der Waals surface area contributed by atoms with Gasteiger partial charge in [0.25, 0.3) is 0 Å². The average molecular weight is 489 g/mol. The molecule has 8 heteroatoms. The number of carbonyl (C=O) groups excluding carboxylic acids is 1. The van der Waals surface area contributed by atoms with Crippen LogP contribution in [0.1, 0.15) is 16.7 Å². The lowest BCUT2D eigenvalue weighted by atomic mass is 9.97. The summed E-state index contributed by atoms with van der Waals surface area (Å²) in [7, 11) is 3.73. The number of rotatable bonds is 6. The standard InChI is InChI=1S/C28H23F3N4O/c1-35(2)26-14-11-21(18-33-26)23(19-9-12-22(13-10-19)28(29,30)31)6-4-8-27(36)34-25-7-3-5-20-17-32-16-15-24(20)25/h3-18H,1-2H3,(H,34,36). The lowest BCUT2D eigenvalue weighted by Crippen LogP contribution is -2.10. The van der Waals surface area contributed by atoms with Gasteiger partial charge in [0.2, 0.25) is 5.91 Å². The minimum absolute atomic E-state index is 0.344. The van der Waals surface area contributed by atoms with E-state index in [0.717, 1.165) is 28.7 Å². The first kappa shape index (κ1) is 24.7. The van der Waals surface area contributed by atoms with Crippen LogP contribution >= 0.6 is 0 Å². The third-order valence-electron chi connectivity index (χ3n) is 5.49. The van der Waals surface area contributed by atoms with E-state index < -0.39 is 11.7 Å². The molecule has 0 radical (unpaired) electrons. The van der Waals surface area contributed by atoms with Crippen molar-refractivity contribution in [3.8, 4) is 0 Å². The first-order valence-corrected chi connectivity index (χ1v) is 11.1. The zero-order valence-electron chi connectivity index (χ0n) is 19.6. The van der Waals surface area contributed by atoms with Crippen molar-refractivity contribution in [1.82, 2.24) is 9.97 Å². The van der Waals surface area contributed by atoms with Crippen molar-refractivity contribution in [2.75, 3.05) is 24.3 Å². The normalized spacial score (nSPS) is 12.2. The number of fused-ring (bicyclic) bond motifs is 1. The topological polar surface area (TPSA) is 58.1 Å². The van der Waals surface area contributed by atoms with Crippen LogP contribution in [-0.2, 0) is 11.0 Å². The second-order valence-corrected chi connectivity index (χ2v) is 8.21. The van der Waals surface area contributed by atoms with Crippen molar-refractivity contribution in [3.63, 3.8) is 0 Å². The molecule has 4 aromatic rings. The van der Waals surface area contributed by atoms with Gasteiger partial charge in [0.1, 0.15) is 5.82 Å². The third-order valence-corrected chi connectivity index (χ3v) is 5.49. The Hall–Kier alpha value is -4.46. The Morgan fingerprint density at radius 1 is 0.944 bits per heavy atom. The summed E-state index contributed by atoms with van der Waals surface area (Å²) in [4.78, 5) is 22.9. The molecule has 2 heterocycles. The van der Waals surface area contributed by atoms with Crippen LogP contribution in [-0.4, -0.2) is 30.0 Å². The van der Waals surface area contributed by atoms with Gasteiger partial charge < -0.3 is 10.2 Å². The summed E-state index contributed by atoms with van der Waals surface area (Å²) in [5, 5.41) is 4.62. The number of pyridine rings is 2. The quantitative estimate of drug-likeness (QED) is 0.254. The van der Waals surface area contributed by atoms with Gasteiger partial charge in [-0.05, 0) is 47.5 Å². The summed E-state index contributed by atoms with van der Waals surface area (Å²) in [6.07, 6.45) is 5.21. The van der Waals surface area contributed by atoms with Crippen LogP contribution in [0.25, 0.3) is 16.3 Å². The molecule has 0 saturated heterocycles. The largest absolute Gasteiger partial charge is 0.416 e. The van der Waals surface area contributed by atoms with Gasteiger partial charge >= 0.3 is 6.18 Å². The molecular weight excluding hydrogens is 465 g/mol. The molecule has 2 aromatic heterocycles. The molecule has 0 aliphatic carbocycles. The minimum atomic E-state index is -4.42. The summed E-state index contributed by atoms with van der Waals surface area (Å²) in [5.41, 5.74) is 1.81. The number of nitrogens with one attached hydrogen (secondary N) is 1. The summed E-state index contributed by atoms with van der Waals surface area (Å²) in [5.74, 6) is 0.397. The number of amides is 1. The fourth-order valence-corrected chi connectivity index (χ4v) is 3.65. The summed E-state index contributed by atoms with van der Waals surface area (Å²) < 4.78 is 39.1. The molecule has 1 amide bonds. The Bertz CT molecular complexity index is 1420. The highest BCUT2D eigenvalue weighted by molar-refractivity contribution is 6.06. The molecule has 2 aromatic carbocycles. The Balaban J connectivity index is 1.62. The Morgan fingerprint density at radius 2 is 1.69 bits per heavy atom. The number of hydrogen-bond acceptors (Lipinski definition) is 4. The van der Waals surface area contributed by atoms with Gasteiger partial charge in [-0.25, -0.2) is 4.98 Å². The van der Waals surface area contributed by atoms with Gasteiger partial charge in [-0.15, -0.1) is 0 Å². The van der Waals surface area contributed by atoms with Gasteiger partial charge in [-0.2, -0.15) is 13.2 Å². The fraction of sp³-hybridized carbons (Fsp3) is 0.107. The van der Waals surface area contributed by atoms with Crippen LogP contribution in [0, 0.1) is 0 Å². The smallest absolute Gasteiger partial charge is 0.363 e. The average Bonchev–Trinajstić information content (AvgIpc) is 2.86.